The van der Waals surface area contributed by atoms with Crippen LogP contribution >= 0.6 is 0 Å². The minimum atomic E-state index is -0.0212. The Morgan fingerprint density at radius 1 is 1.03 bits per heavy atom. The first kappa shape index (κ1) is 18.8. The first-order valence-corrected chi connectivity index (χ1v) is 11.4. The number of carbonyl (C=O) groups is 1. The van der Waals surface area contributed by atoms with Gasteiger partial charge >= 0.3 is 0 Å². The van der Waals surface area contributed by atoms with Crippen LogP contribution in [0.1, 0.15) is 44.1 Å². The molecule has 6 nitrogen and oxygen atoms in total. The van der Waals surface area contributed by atoms with Gasteiger partial charge in [-0.05, 0) is 93.0 Å². The minimum Gasteiger partial charge on any atom is -0.481 e. The Kier molecular flexibility index (Phi) is 4.30. The molecule has 7 rings (SSSR count). The highest BCUT2D eigenvalue weighted by atomic mass is 16.5. The molecule has 1 amide bonds. The van der Waals surface area contributed by atoms with Crippen molar-refractivity contribution in [3.05, 3.63) is 48.0 Å². The van der Waals surface area contributed by atoms with Crippen molar-refractivity contribution >= 4 is 16.9 Å². The zero-order valence-corrected chi connectivity index (χ0v) is 17.9. The predicted octanol–water partition coefficient (Wildman–Crippen LogP) is 4.19. The van der Waals surface area contributed by atoms with E-state index in [2.05, 4.69) is 15.5 Å². The average molecular weight is 417 g/mol. The van der Waals surface area contributed by atoms with Gasteiger partial charge in [0.1, 0.15) is 22.5 Å². The molecule has 1 N–H and O–H groups in total. The van der Waals surface area contributed by atoms with Gasteiger partial charge in [-0.2, -0.15) is 0 Å². The lowest BCUT2D eigenvalue weighted by molar-refractivity contribution is -0.128. The van der Waals surface area contributed by atoms with Crippen LogP contribution in [-0.4, -0.2) is 33.0 Å². The van der Waals surface area contributed by atoms with Gasteiger partial charge in [0.25, 0.3) is 5.91 Å². The maximum Gasteiger partial charge on any atom is 0.258 e. The molecule has 4 fully saturated rings. The van der Waals surface area contributed by atoms with Crippen molar-refractivity contribution in [2.45, 2.75) is 51.0 Å². The van der Waals surface area contributed by atoms with E-state index in [9.17, 15) is 4.79 Å². The van der Waals surface area contributed by atoms with Gasteiger partial charge < -0.3 is 10.1 Å². The second kappa shape index (κ2) is 7.08. The number of amides is 1. The van der Waals surface area contributed by atoms with Crippen LogP contribution in [0.25, 0.3) is 16.7 Å². The number of aryl methyl sites for hydroxylation is 1. The molecule has 2 aromatic carbocycles. The van der Waals surface area contributed by atoms with E-state index in [1.807, 2.05) is 49.4 Å². The van der Waals surface area contributed by atoms with Crippen molar-refractivity contribution < 1.29 is 9.53 Å². The maximum absolute atomic E-state index is 12.9. The van der Waals surface area contributed by atoms with E-state index in [-0.39, 0.29) is 18.1 Å². The Morgan fingerprint density at radius 2 is 1.65 bits per heavy atom. The lowest BCUT2D eigenvalue weighted by atomic mass is 9.53. The Hall–Kier alpha value is -2.89. The number of hydrogen-bond donors (Lipinski definition) is 1. The fourth-order valence-electron chi connectivity index (χ4n) is 6.61. The number of hydrogen-bond acceptors (Lipinski definition) is 4. The van der Waals surface area contributed by atoms with Crippen molar-refractivity contribution in [2.24, 2.45) is 17.8 Å². The zero-order chi connectivity index (χ0) is 21.0. The number of carbonyl (C=O) groups excluding carboxylic acids is 1. The van der Waals surface area contributed by atoms with Crippen LogP contribution in [0.2, 0.25) is 0 Å². The van der Waals surface area contributed by atoms with Crippen LogP contribution in [-0.2, 0) is 4.79 Å². The summed E-state index contributed by atoms with van der Waals surface area (Å²) in [7, 11) is 0. The molecular weight excluding hydrogens is 388 g/mol. The molecule has 160 valence electrons. The SMILES string of the molecule is Cc1ccc(OCC(=O)NC23CC4CC(CC(C4)C2)C3)c(-n2nc3ccccc3n2)c1. The van der Waals surface area contributed by atoms with Crippen LogP contribution in [0.3, 0.4) is 0 Å². The van der Waals surface area contributed by atoms with Gasteiger partial charge in [0.05, 0.1) is 0 Å². The third-order valence-electron chi connectivity index (χ3n) is 7.42. The summed E-state index contributed by atoms with van der Waals surface area (Å²) in [5, 5.41) is 12.6. The molecule has 4 saturated carbocycles. The summed E-state index contributed by atoms with van der Waals surface area (Å²) in [6.07, 6.45) is 7.52. The van der Waals surface area contributed by atoms with Gasteiger partial charge in [-0.25, -0.2) is 0 Å². The Morgan fingerprint density at radius 3 is 2.26 bits per heavy atom. The minimum absolute atomic E-state index is 0.00651. The van der Waals surface area contributed by atoms with Crippen LogP contribution in [0.5, 0.6) is 5.75 Å². The normalized spacial score (nSPS) is 28.7. The highest BCUT2D eigenvalue weighted by Gasteiger charge is 2.51. The molecule has 4 aliphatic rings. The summed E-state index contributed by atoms with van der Waals surface area (Å²) >= 11 is 0. The van der Waals surface area contributed by atoms with E-state index < -0.39 is 0 Å². The summed E-state index contributed by atoms with van der Waals surface area (Å²) in [6, 6.07) is 13.6. The summed E-state index contributed by atoms with van der Waals surface area (Å²) in [4.78, 5) is 14.5. The molecule has 4 aliphatic carbocycles. The van der Waals surface area contributed by atoms with Gasteiger partial charge in [0, 0.05) is 5.54 Å². The van der Waals surface area contributed by atoms with Gasteiger partial charge in [0.2, 0.25) is 0 Å². The smallest absolute Gasteiger partial charge is 0.258 e. The maximum atomic E-state index is 12.9. The van der Waals surface area contributed by atoms with Crippen molar-refractivity contribution in [3.8, 4) is 11.4 Å². The van der Waals surface area contributed by atoms with Crippen LogP contribution < -0.4 is 10.1 Å². The summed E-state index contributed by atoms with van der Waals surface area (Å²) in [5.41, 5.74) is 3.50. The van der Waals surface area contributed by atoms with Crippen molar-refractivity contribution in [1.82, 2.24) is 20.3 Å². The number of nitrogens with zero attached hydrogens (tertiary/aromatic N) is 3. The van der Waals surface area contributed by atoms with Gasteiger partial charge in [-0.1, -0.05) is 18.2 Å². The number of aromatic nitrogens is 3. The predicted molar refractivity (Wildman–Crippen MR) is 118 cm³/mol. The number of ether oxygens (including phenoxy) is 1. The van der Waals surface area contributed by atoms with E-state index in [0.717, 1.165) is 59.3 Å². The number of rotatable bonds is 5. The molecular formula is C25H28N4O2. The number of nitrogens with one attached hydrogen (secondary N) is 1. The second-order valence-electron chi connectivity index (χ2n) is 9.98. The van der Waals surface area contributed by atoms with Crippen molar-refractivity contribution in [1.29, 1.82) is 0 Å². The second-order valence-corrected chi connectivity index (χ2v) is 9.98. The Bertz CT molecular complexity index is 1080. The molecule has 31 heavy (non-hydrogen) atoms. The third-order valence-corrected chi connectivity index (χ3v) is 7.42. The van der Waals surface area contributed by atoms with Crippen LogP contribution in [0, 0.1) is 24.7 Å². The topological polar surface area (TPSA) is 69.0 Å². The van der Waals surface area contributed by atoms with Crippen molar-refractivity contribution in [2.75, 3.05) is 6.61 Å². The highest BCUT2D eigenvalue weighted by molar-refractivity contribution is 5.78. The first-order valence-electron chi connectivity index (χ1n) is 11.4. The summed E-state index contributed by atoms with van der Waals surface area (Å²) in [6.45, 7) is 2.04. The van der Waals surface area contributed by atoms with E-state index in [1.165, 1.54) is 19.3 Å². The van der Waals surface area contributed by atoms with E-state index in [4.69, 9.17) is 4.74 Å². The van der Waals surface area contributed by atoms with Gasteiger partial charge in [-0.15, -0.1) is 15.0 Å². The standard InChI is InChI=1S/C25H28N4O2/c1-16-6-7-23(22(8-16)29-27-20-4-2-3-5-21(20)28-29)31-15-24(30)26-25-12-17-9-18(13-25)11-19(10-17)14-25/h2-8,17-19H,9-15H2,1H3,(H,26,30). The van der Waals surface area contributed by atoms with Crippen LogP contribution in [0.4, 0.5) is 0 Å². The number of fused-ring (bicyclic) bond motifs is 1. The van der Waals surface area contributed by atoms with Gasteiger partial charge in [0.15, 0.2) is 6.61 Å². The summed E-state index contributed by atoms with van der Waals surface area (Å²) in [5.74, 6) is 3.00. The van der Waals surface area contributed by atoms with Crippen LogP contribution in [0.15, 0.2) is 42.5 Å². The Labute approximate surface area is 182 Å². The zero-order valence-electron chi connectivity index (χ0n) is 17.9. The van der Waals surface area contributed by atoms with E-state index >= 15 is 0 Å². The highest BCUT2D eigenvalue weighted by Crippen LogP contribution is 2.55. The average Bonchev–Trinajstić information content (AvgIpc) is 3.15. The molecule has 6 heteroatoms. The largest absolute Gasteiger partial charge is 0.481 e. The first-order chi connectivity index (χ1) is 15.1. The summed E-state index contributed by atoms with van der Waals surface area (Å²) < 4.78 is 6.01. The molecule has 0 spiro atoms. The van der Waals surface area contributed by atoms with Gasteiger partial charge in [-0.3, -0.25) is 4.79 Å². The monoisotopic (exact) mass is 416 g/mol. The fraction of sp³-hybridized carbons (Fsp3) is 0.480. The molecule has 0 radical (unpaired) electrons. The molecule has 0 saturated heterocycles. The molecule has 1 heterocycles. The molecule has 3 aromatic rings. The lowest BCUT2D eigenvalue weighted by Gasteiger charge is -2.56. The molecule has 0 unspecified atom stereocenters. The third kappa shape index (κ3) is 3.48. The molecule has 1 aromatic heterocycles. The fourth-order valence-corrected chi connectivity index (χ4v) is 6.61. The van der Waals surface area contributed by atoms with Crippen molar-refractivity contribution in [3.63, 3.8) is 0 Å². The van der Waals surface area contributed by atoms with E-state index in [0.29, 0.717) is 5.75 Å². The Balaban J connectivity index is 1.19. The molecule has 4 bridgehead atoms. The van der Waals surface area contributed by atoms with E-state index in [1.54, 1.807) is 4.80 Å². The molecule has 0 aliphatic heterocycles. The lowest BCUT2D eigenvalue weighted by Crippen LogP contribution is -2.60. The number of benzene rings is 2. The quantitative estimate of drug-likeness (QED) is 0.677. The molecule has 0 atom stereocenters.